The number of benzene rings is 1. The first-order chi connectivity index (χ1) is 10.4. The molecular weight excluding hydrogens is 311 g/mol. The van der Waals surface area contributed by atoms with Crippen molar-refractivity contribution in [1.29, 1.82) is 0 Å². The van der Waals surface area contributed by atoms with Crippen LogP contribution in [0.3, 0.4) is 0 Å². The lowest BCUT2D eigenvalue weighted by atomic mass is 10.2. The van der Waals surface area contributed by atoms with Crippen LogP contribution >= 0.6 is 0 Å². The zero-order valence-corrected chi connectivity index (χ0v) is 12.4. The molecule has 2 aromatic rings. The van der Waals surface area contributed by atoms with E-state index in [0.717, 1.165) is 6.26 Å². The average molecular weight is 324 g/mol. The molecule has 0 saturated carbocycles. The van der Waals surface area contributed by atoms with Gasteiger partial charge in [-0.15, -0.1) is 0 Å². The molecule has 1 aromatic heterocycles. The normalized spacial score (nSPS) is 14.8. The Morgan fingerprint density at radius 1 is 1.36 bits per heavy atom. The third-order valence-corrected chi connectivity index (χ3v) is 4.64. The van der Waals surface area contributed by atoms with E-state index >= 15 is 0 Å². The quantitative estimate of drug-likeness (QED) is 0.883. The van der Waals surface area contributed by atoms with E-state index < -0.39 is 21.7 Å². The van der Waals surface area contributed by atoms with Gasteiger partial charge in [0.1, 0.15) is 5.82 Å². The minimum absolute atomic E-state index is 0.0998. The van der Waals surface area contributed by atoms with Gasteiger partial charge in [-0.05, 0) is 12.1 Å². The summed E-state index contributed by atoms with van der Waals surface area (Å²) in [4.78, 5) is 12.1. The van der Waals surface area contributed by atoms with Gasteiger partial charge in [0, 0.05) is 12.1 Å². The van der Waals surface area contributed by atoms with Gasteiger partial charge in [0.2, 0.25) is 10.0 Å². The predicted molar refractivity (Wildman–Crippen MR) is 77.0 cm³/mol. The molecule has 0 atom stereocenters. The van der Waals surface area contributed by atoms with Gasteiger partial charge in [-0.1, -0.05) is 12.1 Å². The van der Waals surface area contributed by atoms with Crippen molar-refractivity contribution in [1.82, 2.24) is 14.5 Å². The smallest absolute Gasteiger partial charge is 0.259 e. The number of hydrogen-bond donors (Lipinski definition) is 2. The van der Waals surface area contributed by atoms with Gasteiger partial charge in [-0.2, -0.15) is 9.40 Å². The summed E-state index contributed by atoms with van der Waals surface area (Å²) in [5, 5.41) is 9.15. The van der Waals surface area contributed by atoms with E-state index in [1.54, 1.807) is 6.07 Å². The molecule has 0 aliphatic carbocycles. The lowest BCUT2D eigenvalue weighted by molar-refractivity contribution is 0.102. The van der Waals surface area contributed by atoms with Crippen molar-refractivity contribution in [2.45, 2.75) is 13.1 Å². The minimum atomic E-state index is -3.33. The number of anilines is 1. The number of H-pyrrole nitrogens is 1. The molecule has 1 aliphatic heterocycles. The first-order valence-electron chi connectivity index (χ1n) is 6.43. The number of nitrogens with zero attached hydrogens (tertiary/aromatic N) is 2. The fourth-order valence-electron chi connectivity index (χ4n) is 2.27. The number of carbonyl (C=O) groups excluding carboxylic acids is 1. The largest absolute Gasteiger partial charge is 0.305 e. The Hall–Kier alpha value is -2.26. The summed E-state index contributed by atoms with van der Waals surface area (Å²) in [7, 11) is -3.33. The summed E-state index contributed by atoms with van der Waals surface area (Å²) in [6.07, 6.45) is 1.11. The molecule has 7 nitrogen and oxygen atoms in total. The highest BCUT2D eigenvalue weighted by molar-refractivity contribution is 7.88. The lowest BCUT2D eigenvalue weighted by Crippen LogP contribution is -2.24. The molecule has 1 aromatic carbocycles. The molecule has 3 rings (SSSR count). The van der Waals surface area contributed by atoms with Crippen molar-refractivity contribution in [3.63, 3.8) is 0 Å². The molecule has 0 radical (unpaired) electrons. The summed E-state index contributed by atoms with van der Waals surface area (Å²) in [5.41, 5.74) is 1.11. The third-order valence-electron chi connectivity index (χ3n) is 3.44. The van der Waals surface area contributed by atoms with Crippen molar-refractivity contribution in [2.75, 3.05) is 11.6 Å². The molecule has 0 bridgehead atoms. The van der Waals surface area contributed by atoms with Crippen LogP contribution in [0.2, 0.25) is 0 Å². The second-order valence-corrected chi connectivity index (χ2v) is 6.98. The number of amides is 1. The van der Waals surface area contributed by atoms with Gasteiger partial charge in [0.05, 0.1) is 24.1 Å². The maximum Gasteiger partial charge on any atom is 0.259 e. The highest BCUT2D eigenvalue weighted by atomic mass is 32.2. The summed E-state index contributed by atoms with van der Waals surface area (Å²) in [6, 6.07) is 5.59. The van der Waals surface area contributed by atoms with Crippen LogP contribution in [0.5, 0.6) is 0 Å². The Morgan fingerprint density at radius 2 is 2.09 bits per heavy atom. The molecule has 0 unspecified atom stereocenters. The van der Waals surface area contributed by atoms with Crippen LogP contribution < -0.4 is 5.32 Å². The molecule has 2 heterocycles. The maximum absolute atomic E-state index is 13.6. The fourth-order valence-corrected chi connectivity index (χ4v) is 3.00. The molecule has 2 N–H and O–H groups in total. The zero-order chi connectivity index (χ0) is 15.9. The van der Waals surface area contributed by atoms with E-state index in [1.807, 2.05) is 0 Å². The number of aromatic amines is 1. The van der Waals surface area contributed by atoms with Crippen molar-refractivity contribution in [3.05, 3.63) is 46.9 Å². The Morgan fingerprint density at radius 3 is 2.77 bits per heavy atom. The van der Waals surface area contributed by atoms with E-state index in [1.165, 1.54) is 22.5 Å². The number of rotatable bonds is 3. The van der Waals surface area contributed by atoms with E-state index in [2.05, 4.69) is 15.5 Å². The van der Waals surface area contributed by atoms with E-state index in [-0.39, 0.29) is 24.5 Å². The van der Waals surface area contributed by atoms with Gasteiger partial charge in [0.15, 0.2) is 5.82 Å². The van der Waals surface area contributed by atoms with Gasteiger partial charge in [-0.25, -0.2) is 12.8 Å². The summed E-state index contributed by atoms with van der Waals surface area (Å²) in [6.45, 7) is 0.300. The topological polar surface area (TPSA) is 95.2 Å². The molecule has 1 aliphatic rings. The Balaban J connectivity index is 1.82. The van der Waals surface area contributed by atoms with Gasteiger partial charge in [-0.3, -0.25) is 9.89 Å². The van der Waals surface area contributed by atoms with E-state index in [9.17, 15) is 17.6 Å². The van der Waals surface area contributed by atoms with Crippen molar-refractivity contribution in [3.8, 4) is 0 Å². The van der Waals surface area contributed by atoms with Gasteiger partial charge in [0.25, 0.3) is 5.91 Å². The minimum Gasteiger partial charge on any atom is -0.305 e. The number of halogens is 1. The highest BCUT2D eigenvalue weighted by Crippen LogP contribution is 2.28. The van der Waals surface area contributed by atoms with Gasteiger partial charge >= 0.3 is 0 Å². The van der Waals surface area contributed by atoms with Crippen molar-refractivity contribution in [2.24, 2.45) is 0 Å². The second-order valence-electron chi connectivity index (χ2n) is 4.99. The summed E-state index contributed by atoms with van der Waals surface area (Å²) < 4.78 is 38.0. The predicted octanol–water partition coefficient (Wildman–Crippen LogP) is 1.08. The summed E-state index contributed by atoms with van der Waals surface area (Å²) >= 11 is 0. The first kappa shape index (κ1) is 14.7. The number of aromatic nitrogens is 2. The third kappa shape index (κ3) is 2.60. The van der Waals surface area contributed by atoms with Gasteiger partial charge < -0.3 is 5.32 Å². The van der Waals surface area contributed by atoms with Crippen LogP contribution in [-0.2, 0) is 23.1 Å². The monoisotopic (exact) mass is 324 g/mol. The Labute approximate surface area is 126 Å². The highest BCUT2D eigenvalue weighted by Gasteiger charge is 2.31. The first-order valence-corrected chi connectivity index (χ1v) is 8.28. The molecule has 0 fully saturated rings. The number of carbonyl (C=O) groups is 1. The van der Waals surface area contributed by atoms with Crippen LogP contribution in [0.1, 0.15) is 21.6 Å². The molecule has 116 valence electrons. The van der Waals surface area contributed by atoms with Crippen LogP contribution in [0.15, 0.2) is 24.3 Å². The van der Waals surface area contributed by atoms with Crippen LogP contribution in [-0.4, -0.2) is 35.1 Å². The molecule has 0 saturated heterocycles. The average Bonchev–Trinajstić information content (AvgIpc) is 3.01. The number of sulfonamides is 1. The van der Waals surface area contributed by atoms with Crippen LogP contribution in [0.25, 0.3) is 0 Å². The van der Waals surface area contributed by atoms with Crippen LogP contribution in [0.4, 0.5) is 10.2 Å². The number of hydrogen-bond acceptors (Lipinski definition) is 4. The number of fused-ring (bicyclic) bond motifs is 1. The Kier molecular flexibility index (Phi) is 3.45. The van der Waals surface area contributed by atoms with E-state index in [0.29, 0.717) is 11.3 Å². The SMILES string of the molecule is CS(=O)(=O)N1Cc2[nH]nc(NC(=O)c3ccccc3F)c2C1. The zero-order valence-electron chi connectivity index (χ0n) is 11.6. The van der Waals surface area contributed by atoms with Crippen molar-refractivity contribution >= 4 is 21.7 Å². The molecule has 1 amide bonds. The molecule has 9 heteroatoms. The van der Waals surface area contributed by atoms with E-state index in [4.69, 9.17) is 0 Å². The number of nitrogens with one attached hydrogen (secondary N) is 2. The Bertz CT molecular complexity index is 847. The van der Waals surface area contributed by atoms with Crippen LogP contribution in [0, 0.1) is 5.82 Å². The second kappa shape index (κ2) is 5.18. The summed E-state index contributed by atoms with van der Waals surface area (Å²) in [5.74, 6) is -1.05. The maximum atomic E-state index is 13.6. The lowest BCUT2D eigenvalue weighted by Gasteiger charge is -2.11. The fraction of sp³-hybridized carbons (Fsp3) is 0.231. The molecular formula is C13H13FN4O3S. The van der Waals surface area contributed by atoms with Crippen molar-refractivity contribution < 1.29 is 17.6 Å². The standard InChI is InChI=1S/C13H13FN4O3S/c1-22(20,21)18-6-9-11(7-18)16-17-12(9)15-13(19)8-4-2-3-5-10(8)14/h2-5H,6-7H2,1H3,(H2,15,16,17,19). The molecule has 22 heavy (non-hydrogen) atoms. The molecule has 0 spiro atoms.